The van der Waals surface area contributed by atoms with Crippen molar-refractivity contribution in [3.05, 3.63) is 42.0 Å². The topological polar surface area (TPSA) is 70.4 Å². The van der Waals surface area contributed by atoms with E-state index in [1.807, 2.05) is 25.1 Å². The van der Waals surface area contributed by atoms with Gasteiger partial charge in [0.1, 0.15) is 6.07 Å². The summed E-state index contributed by atoms with van der Waals surface area (Å²) in [4.78, 5) is 26.6. The number of hydrogen-bond acceptors (Lipinski definition) is 4. The summed E-state index contributed by atoms with van der Waals surface area (Å²) in [5.74, 6) is -1.51. The Labute approximate surface area is 121 Å². The Morgan fingerprint density at radius 2 is 2.05 bits per heavy atom. The Kier molecular flexibility index (Phi) is 2.23. The number of para-hydroxylation sites is 1. The van der Waals surface area contributed by atoms with Crippen LogP contribution in [0.25, 0.3) is 0 Å². The SMILES string of the molecule is C[C@@]12C=C[C@@H](O1)[C@@H]1C(=O)N(c3ccccc3C#N)C(=O)[C@H]12. The predicted octanol–water partition coefficient (Wildman–Crippen LogP) is 1.39. The lowest BCUT2D eigenvalue weighted by atomic mass is 9.78. The van der Waals surface area contributed by atoms with E-state index < -0.39 is 17.4 Å². The molecular formula is C16H12N2O3. The molecule has 21 heavy (non-hydrogen) atoms. The molecule has 2 bridgehead atoms. The Bertz CT molecular complexity index is 748. The first-order chi connectivity index (χ1) is 10.1. The first-order valence-electron chi connectivity index (χ1n) is 6.81. The van der Waals surface area contributed by atoms with Gasteiger partial charge in [-0.2, -0.15) is 5.26 Å². The highest BCUT2D eigenvalue weighted by atomic mass is 16.5. The van der Waals surface area contributed by atoms with Crippen molar-refractivity contribution in [1.82, 2.24) is 0 Å². The molecule has 2 saturated heterocycles. The number of amides is 2. The molecule has 104 valence electrons. The van der Waals surface area contributed by atoms with Gasteiger partial charge < -0.3 is 4.74 Å². The third-order valence-corrected chi connectivity index (χ3v) is 4.59. The molecule has 0 aliphatic carbocycles. The monoisotopic (exact) mass is 280 g/mol. The smallest absolute Gasteiger partial charge is 0.241 e. The number of carbonyl (C=O) groups is 2. The van der Waals surface area contributed by atoms with Gasteiger partial charge in [-0.05, 0) is 19.1 Å². The van der Waals surface area contributed by atoms with Gasteiger partial charge in [-0.1, -0.05) is 24.3 Å². The maximum absolute atomic E-state index is 12.7. The third-order valence-electron chi connectivity index (χ3n) is 4.59. The molecule has 0 unspecified atom stereocenters. The van der Waals surface area contributed by atoms with Crippen LogP contribution in [0.4, 0.5) is 5.69 Å². The average molecular weight is 280 g/mol. The van der Waals surface area contributed by atoms with E-state index in [9.17, 15) is 14.9 Å². The van der Waals surface area contributed by atoms with Crippen molar-refractivity contribution in [1.29, 1.82) is 5.26 Å². The number of hydrogen-bond donors (Lipinski definition) is 0. The zero-order valence-corrected chi connectivity index (χ0v) is 11.3. The lowest BCUT2D eigenvalue weighted by Gasteiger charge is -2.24. The lowest BCUT2D eigenvalue weighted by molar-refractivity contribution is -0.126. The molecule has 4 rings (SSSR count). The molecule has 0 spiro atoms. The van der Waals surface area contributed by atoms with Gasteiger partial charge >= 0.3 is 0 Å². The molecule has 1 aromatic carbocycles. The molecule has 1 aromatic rings. The summed E-state index contributed by atoms with van der Waals surface area (Å²) in [6.45, 7) is 1.83. The largest absolute Gasteiger partial charge is 0.362 e. The lowest BCUT2D eigenvalue weighted by Crippen LogP contribution is -2.38. The highest BCUT2D eigenvalue weighted by molar-refractivity contribution is 6.23. The first kappa shape index (κ1) is 12.3. The maximum atomic E-state index is 12.7. The molecule has 2 amide bonds. The van der Waals surface area contributed by atoms with Gasteiger partial charge in [0.25, 0.3) is 0 Å². The fraction of sp³-hybridized carbons (Fsp3) is 0.312. The van der Waals surface area contributed by atoms with Crippen molar-refractivity contribution < 1.29 is 14.3 Å². The van der Waals surface area contributed by atoms with Crippen LogP contribution in [0.2, 0.25) is 0 Å². The summed E-state index contributed by atoms with van der Waals surface area (Å²) in [7, 11) is 0. The van der Waals surface area contributed by atoms with Gasteiger partial charge in [-0.25, -0.2) is 4.90 Å². The fourth-order valence-electron chi connectivity index (χ4n) is 3.65. The number of nitrogens with zero attached hydrogens (tertiary/aromatic N) is 2. The molecule has 5 heteroatoms. The Morgan fingerprint density at radius 3 is 2.76 bits per heavy atom. The van der Waals surface area contributed by atoms with Gasteiger partial charge in [0.05, 0.1) is 34.8 Å². The van der Waals surface area contributed by atoms with Crippen LogP contribution >= 0.6 is 0 Å². The summed E-state index contributed by atoms with van der Waals surface area (Å²) < 4.78 is 5.76. The van der Waals surface area contributed by atoms with E-state index >= 15 is 0 Å². The van der Waals surface area contributed by atoms with Gasteiger partial charge in [0.15, 0.2) is 0 Å². The second-order valence-electron chi connectivity index (χ2n) is 5.77. The summed E-state index contributed by atoms with van der Waals surface area (Å²) in [5, 5.41) is 9.18. The Hall–Kier alpha value is -2.45. The molecule has 3 aliphatic rings. The number of benzene rings is 1. The van der Waals surface area contributed by atoms with Crippen LogP contribution in [-0.2, 0) is 14.3 Å². The van der Waals surface area contributed by atoms with E-state index in [1.54, 1.807) is 24.3 Å². The molecule has 0 saturated carbocycles. The molecule has 2 fully saturated rings. The second-order valence-corrected chi connectivity index (χ2v) is 5.77. The van der Waals surface area contributed by atoms with Crippen LogP contribution < -0.4 is 4.90 Å². The number of imide groups is 1. The molecule has 0 N–H and O–H groups in total. The molecule has 5 nitrogen and oxygen atoms in total. The number of fused-ring (bicyclic) bond motifs is 5. The fourth-order valence-corrected chi connectivity index (χ4v) is 3.65. The molecular weight excluding hydrogens is 268 g/mol. The zero-order chi connectivity index (χ0) is 14.8. The van der Waals surface area contributed by atoms with Crippen LogP contribution in [0.5, 0.6) is 0 Å². The van der Waals surface area contributed by atoms with Crippen molar-refractivity contribution >= 4 is 17.5 Å². The van der Waals surface area contributed by atoms with Crippen molar-refractivity contribution in [2.45, 2.75) is 18.6 Å². The zero-order valence-electron chi connectivity index (χ0n) is 11.3. The van der Waals surface area contributed by atoms with E-state index in [2.05, 4.69) is 0 Å². The maximum Gasteiger partial charge on any atom is 0.241 e. The quantitative estimate of drug-likeness (QED) is 0.576. The van der Waals surface area contributed by atoms with E-state index in [1.165, 1.54) is 0 Å². The van der Waals surface area contributed by atoms with Crippen molar-refractivity contribution in [2.75, 3.05) is 4.90 Å². The highest BCUT2D eigenvalue weighted by Gasteiger charge is 2.66. The van der Waals surface area contributed by atoms with Gasteiger partial charge in [-0.3, -0.25) is 9.59 Å². The second kappa shape index (κ2) is 3.80. The minimum Gasteiger partial charge on any atom is -0.362 e. The van der Waals surface area contributed by atoms with Crippen LogP contribution in [0.3, 0.4) is 0 Å². The number of nitriles is 1. The van der Waals surface area contributed by atoms with Gasteiger partial charge in [-0.15, -0.1) is 0 Å². The number of rotatable bonds is 1. The summed E-state index contributed by atoms with van der Waals surface area (Å²) in [6.07, 6.45) is 3.38. The highest BCUT2D eigenvalue weighted by Crippen LogP contribution is 2.52. The number of carbonyl (C=O) groups excluding carboxylic acids is 2. The van der Waals surface area contributed by atoms with Crippen LogP contribution in [0.1, 0.15) is 12.5 Å². The minimum absolute atomic E-state index is 0.272. The molecule has 0 radical (unpaired) electrons. The van der Waals surface area contributed by atoms with Crippen molar-refractivity contribution in [2.24, 2.45) is 11.8 Å². The van der Waals surface area contributed by atoms with Crippen molar-refractivity contribution in [3.8, 4) is 6.07 Å². The summed E-state index contributed by atoms with van der Waals surface area (Å²) >= 11 is 0. The normalized spacial score (nSPS) is 36.2. The Balaban J connectivity index is 1.83. The first-order valence-corrected chi connectivity index (χ1v) is 6.81. The Morgan fingerprint density at radius 1 is 1.29 bits per heavy atom. The number of anilines is 1. The van der Waals surface area contributed by atoms with Gasteiger partial charge in [0.2, 0.25) is 11.8 Å². The van der Waals surface area contributed by atoms with E-state index in [0.717, 1.165) is 4.90 Å². The average Bonchev–Trinajstić information content (AvgIpc) is 3.08. The van der Waals surface area contributed by atoms with Gasteiger partial charge in [0, 0.05) is 0 Å². The molecule has 0 aromatic heterocycles. The molecule has 4 atom stereocenters. The third kappa shape index (κ3) is 1.38. The molecule has 3 aliphatic heterocycles. The van der Waals surface area contributed by atoms with Crippen LogP contribution in [-0.4, -0.2) is 23.5 Å². The van der Waals surface area contributed by atoms with Crippen molar-refractivity contribution in [3.63, 3.8) is 0 Å². The standard InChI is InChI=1S/C16H12N2O3/c1-16-7-6-11(21-16)12-13(16)15(20)18(14(12)19)10-5-3-2-4-9(10)8-17/h2-7,11-13H,1H3/t11-,12+,13+,16+/m1/s1. The van der Waals surface area contributed by atoms with E-state index in [0.29, 0.717) is 11.3 Å². The minimum atomic E-state index is -0.710. The van der Waals surface area contributed by atoms with Crippen LogP contribution in [0.15, 0.2) is 36.4 Å². The predicted molar refractivity (Wildman–Crippen MR) is 73.0 cm³/mol. The van der Waals surface area contributed by atoms with E-state index in [-0.39, 0.29) is 17.9 Å². The molecule has 3 heterocycles. The summed E-state index contributed by atoms with van der Waals surface area (Å²) in [5.41, 5.74) is -0.0174. The van der Waals surface area contributed by atoms with Crippen LogP contribution in [0, 0.1) is 23.2 Å². The number of ether oxygens (including phenoxy) is 1. The van der Waals surface area contributed by atoms with E-state index in [4.69, 9.17) is 4.74 Å². The summed E-state index contributed by atoms with van der Waals surface area (Å²) in [6, 6.07) is 8.70.